The Morgan fingerprint density at radius 1 is 1.50 bits per heavy atom. The Balaban J connectivity index is 2.07. The molecule has 1 aromatic rings. The first-order chi connectivity index (χ1) is 7.64. The molecule has 0 radical (unpaired) electrons. The third kappa shape index (κ3) is 1.35. The topological polar surface area (TPSA) is 21.3 Å². The number of alkyl halides is 2. The van der Waals surface area contributed by atoms with Crippen LogP contribution in [0.25, 0.3) is 0 Å². The van der Waals surface area contributed by atoms with Gasteiger partial charge in [-0.05, 0) is 24.1 Å². The summed E-state index contributed by atoms with van der Waals surface area (Å²) in [6.45, 7) is 0. The first-order valence-corrected chi connectivity index (χ1v) is 5.91. The largest absolute Gasteiger partial charge is 0.297 e. The molecule has 2 aliphatic rings. The fourth-order valence-electron chi connectivity index (χ4n) is 2.38. The minimum Gasteiger partial charge on any atom is -0.297 e. The highest BCUT2D eigenvalue weighted by Crippen LogP contribution is 2.55. The van der Waals surface area contributed by atoms with Gasteiger partial charge in [0.2, 0.25) is 0 Å². The van der Waals surface area contributed by atoms with Crippen LogP contribution < -0.4 is 5.48 Å². The highest BCUT2D eigenvalue weighted by Gasteiger charge is 2.65. The summed E-state index contributed by atoms with van der Waals surface area (Å²) in [6, 6.07) is 7.03. The van der Waals surface area contributed by atoms with Crippen molar-refractivity contribution in [1.82, 2.24) is 5.48 Å². The molecule has 1 aromatic carbocycles. The zero-order valence-electron chi connectivity index (χ0n) is 8.29. The summed E-state index contributed by atoms with van der Waals surface area (Å²) in [7, 11) is 0. The van der Waals surface area contributed by atoms with Gasteiger partial charge < -0.3 is 0 Å². The normalized spacial score (nSPS) is 36.5. The van der Waals surface area contributed by atoms with Crippen LogP contribution in [-0.4, -0.2) is 12.5 Å². The van der Waals surface area contributed by atoms with Gasteiger partial charge in [0.1, 0.15) is 5.54 Å². The maximum Gasteiger partial charge on any atom is 0.263 e. The molecule has 1 N–H and O–H groups in total. The van der Waals surface area contributed by atoms with Gasteiger partial charge >= 0.3 is 0 Å². The Morgan fingerprint density at radius 2 is 2.31 bits per heavy atom. The fourth-order valence-corrected chi connectivity index (χ4v) is 2.78. The molecular weight excluding hydrogens is 280 g/mol. The molecule has 3 atom stereocenters. The molecule has 2 fully saturated rings. The van der Waals surface area contributed by atoms with E-state index in [9.17, 15) is 8.78 Å². The van der Waals surface area contributed by atoms with Gasteiger partial charge in [0.25, 0.3) is 6.43 Å². The second-order valence-corrected chi connectivity index (χ2v) is 5.20. The van der Waals surface area contributed by atoms with E-state index < -0.39 is 12.0 Å². The maximum absolute atomic E-state index is 13.3. The lowest BCUT2D eigenvalue weighted by Crippen LogP contribution is -2.46. The van der Waals surface area contributed by atoms with Gasteiger partial charge in [0, 0.05) is 10.4 Å². The molecule has 5 heteroatoms. The molecule has 1 heterocycles. The summed E-state index contributed by atoms with van der Waals surface area (Å²) in [5.41, 5.74) is 1.80. The molecule has 2 nitrogen and oxygen atoms in total. The average molecular weight is 290 g/mol. The predicted octanol–water partition coefficient (Wildman–Crippen LogP) is 2.83. The highest BCUT2D eigenvalue weighted by atomic mass is 79.9. The van der Waals surface area contributed by atoms with Crippen LogP contribution in [0.15, 0.2) is 28.7 Å². The Kier molecular flexibility index (Phi) is 2.31. The maximum atomic E-state index is 13.3. The van der Waals surface area contributed by atoms with E-state index in [1.807, 2.05) is 6.07 Å². The number of rotatable bonds is 2. The molecule has 0 aromatic heterocycles. The van der Waals surface area contributed by atoms with Crippen molar-refractivity contribution in [1.29, 1.82) is 0 Å². The lowest BCUT2D eigenvalue weighted by molar-refractivity contribution is -0.0552. The van der Waals surface area contributed by atoms with Crippen molar-refractivity contribution >= 4 is 15.9 Å². The number of halogens is 3. The number of hydrogen-bond acceptors (Lipinski definition) is 2. The predicted molar refractivity (Wildman–Crippen MR) is 57.9 cm³/mol. The third-order valence-electron chi connectivity index (χ3n) is 3.34. The van der Waals surface area contributed by atoms with Crippen molar-refractivity contribution in [2.45, 2.75) is 24.5 Å². The van der Waals surface area contributed by atoms with Crippen LogP contribution in [0.5, 0.6) is 0 Å². The number of fused-ring (bicyclic) bond motifs is 1. The number of benzene rings is 1. The Bertz CT molecular complexity index is 428. The molecule has 3 rings (SSSR count). The van der Waals surface area contributed by atoms with E-state index in [4.69, 9.17) is 4.84 Å². The van der Waals surface area contributed by atoms with Crippen LogP contribution in [0.2, 0.25) is 0 Å². The molecule has 1 aliphatic heterocycles. The van der Waals surface area contributed by atoms with E-state index in [-0.39, 0.29) is 12.0 Å². The molecule has 1 saturated carbocycles. The van der Waals surface area contributed by atoms with Crippen molar-refractivity contribution in [2.24, 2.45) is 5.92 Å². The molecule has 0 bridgehead atoms. The molecule has 86 valence electrons. The molecule has 0 unspecified atom stereocenters. The molecular formula is C11H10BrF2NO. The van der Waals surface area contributed by atoms with E-state index in [1.165, 1.54) is 0 Å². The molecule has 16 heavy (non-hydrogen) atoms. The van der Waals surface area contributed by atoms with Gasteiger partial charge in [0.05, 0.1) is 6.10 Å². The Morgan fingerprint density at radius 3 is 2.81 bits per heavy atom. The van der Waals surface area contributed by atoms with Crippen LogP contribution in [0, 0.1) is 5.92 Å². The lowest BCUT2D eigenvalue weighted by atomic mass is 9.86. The molecule has 1 aliphatic carbocycles. The summed E-state index contributed by atoms with van der Waals surface area (Å²) >= 11 is 3.30. The number of nitrogens with one attached hydrogen (secondary N) is 1. The van der Waals surface area contributed by atoms with E-state index >= 15 is 0 Å². The molecule has 1 saturated heterocycles. The zero-order chi connectivity index (χ0) is 11.3. The van der Waals surface area contributed by atoms with Crippen LogP contribution in [0.3, 0.4) is 0 Å². The van der Waals surface area contributed by atoms with Gasteiger partial charge in [-0.3, -0.25) is 4.84 Å². The van der Waals surface area contributed by atoms with Crippen molar-refractivity contribution < 1.29 is 13.6 Å². The van der Waals surface area contributed by atoms with Crippen LogP contribution in [-0.2, 0) is 10.4 Å². The summed E-state index contributed by atoms with van der Waals surface area (Å²) in [6.07, 6.45) is -1.81. The fraction of sp³-hybridized carbons (Fsp3) is 0.455. The first kappa shape index (κ1) is 10.6. The van der Waals surface area contributed by atoms with E-state index in [0.29, 0.717) is 12.0 Å². The third-order valence-corrected chi connectivity index (χ3v) is 3.84. The molecule has 0 spiro atoms. The number of hydroxylamine groups is 1. The second-order valence-electron chi connectivity index (χ2n) is 4.28. The van der Waals surface area contributed by atoms with Gasteiger partial charge in [-0.15, -0.1) is 0 Å². The summed E-state index contributed by atoms with van der Waals surface area (Å²) in [5, 5.41) is 0. The van der Waals surface area contributed by atoms with Crippen molar-refractivity contribution in [3.8, 4) is 0 Å². The summed E-state index contributed by atoms with van der Waals surface area (Å²) in [5.74, 6) is -0.109. The SMILES string of the molecule is FC(F)[C@]1(c2cccc(Br)c2)NO[C@@H]2C[C@@H]21. The van der Waals surface area contributed by atoms with Crippen LogP contribution in [0.1, 0.15) is 12.0 Å². The van der Waals surface area contributed by atoms with E-state index in [1.54, 1.807) is 18.2 Å². The minimum atomic E-state index is -2.47. The lowest BCUT2D eigenvalue weighted by Gasteiger charge is -2.30. The van der Waals surface area contributed by atoms with Crippen LogP contribution >= 0.6 is 15.9 Å². The van der Waals surface area contributed by atoms with Crippen molar-refractivity contribution in [2.75, 3.05) is 0 Å². The van der Waals surface area contributed by atoms with Crippen molar-refractivity contribution in [3.05, 3.63) is 34.3 Å². The number of hydrogen-bond donors (Lipinski definition) is 1. The van der Waals surface area contributed by atoms with E-state index in [2.05, 4.69) is 21.4 Å². The second kappa shape index (κ2) is 3.48. The Hall–Kier alpha value is -0.520. The van der Waals surface area contributed by atoms with Gasteiger partial charge in [0.15, 0.2) is 0 Å². The van der Waals surface area contributed by atoms with Gasteiger partial charge in [-0.25, -0.2) is 8.78 Å². The quantitative estimate of drug-likeness (QED) is 0.904. The highest BCUT2D eigenvalue weighted by molar-refractivity contribution is 9.10. The Labute approximate surface area is 100 Å². The van der Waals surface area contributed by atoms with E-state index in [0.717, 1.165) is 4.47 Å². The summed E-state index contributed by atoms with van der Waals surface area (Å²) < 4.78 is 27.5. The average Bonchev–Trinajstić information content (AvgIpc) is 2.92. The first-order valence-electron chi connectivity index (χ1n) is 5.11. The monoisotopic (exact) mass is 289 g/mol. The summed E-state index contributed by atoms with van der Waals surface area (Å²) in [4.78, 5) is 5.15. The van der Waals surface area contributed by atoms with Gasteiger partial charge in [-0.1, -0.05) is 28.1 Å². The van der Waals surface area contributed by atoms with Gasteiger partial charge in [-0.2, -0.15) is 5.48 Å². The smallest absolute Gasteiger partial charge is 0.263 e. The molecule has 0 amide bonds. The standard InChI is InChI=1S/C11H10BrF2NO/c12-7-3-1-2-6(4-7)11(10(13)14)8-5-9(8)16-15-11/h1-4,8-10,15H,5H2/t8-,9+,11+/m0/s1. The van der Waals surface area contributed by atoms with Crippen LogP contribution in [0.4, 0.5) is 8.78 Å². The minimum absolute atomic E-state index is 0.0482. The zero-order valence-corrected chi connectivity index (χ0v) is 9.88. The van der Waals surface area contributed by atoms with Crippen molar-refractivity contribution in [3.63, 3.8) is 0 Å².